The predicted molar refractivity (Wildman–Crippen MR) is 54.7 cm³/mol. The number of anilines is 1. The number of nitrogens with two attached hydrogens (primary N) is 1. The summed E-state index contributed by atoms with van der Waals surface area (Å²) in [7, 11) is 0. The van der Waals surface area contributed by atoms with Crippen molar-refractivity contribution in [2.24, 2.45) is 5.92 Å². The molecule has 1 aromatic heterocycles. The first-order valence-electron chi connectivity index (χ1n) is 4.43. The van der Waals surface area contributed by atoms with Crippen LogP contribution in [0.15, 0.2) is 41.4 Å². The van der Waals surface area contributed by atoms with Crippen molar-refractivity contribution in [2.75, 3.05) is 5.73 Å². The zero-order valence-corrected chi connectivity index (χ0v) is 7.63. The summed E-state index contributed by atoms with van der Waals surface area (Å²) in [6, 6.07) is 1.63. The van der Waals surface area contributed by atoms with E-state index in [4.69, 9.17) is 5.73 Å². The molecule has 0 unspecified atom stereocenters. The molecule has 0 aliphatic heterocycles. The molecular weight excluding hydrogens is 178 g/mol. The van der Waals surface area contributed by atoms with Crippen LogP contribution in [0.25, 0.3) is 0 Å². The lowest BCUT2D eigenvalue weighted by molar-refractivity contribution is 0.587. The van der Waals surface area contributed by atoms with E-state index >= 15 is 0 Å². The number of nitrogen functional groups attached to an aromatic ring is 1. The number of aromatic nitrogens is 2. The maximum atomic E-state index is 11.4. The Bertz CT molecular complexity index is 433. The third-order valence-corrected chi connectivity index (χ3v) is 2.13. The Morgan fingerprint density at radius 3 is 2.79 bits per heavy atom. The third-order valence-electron chi connectivity index (χ3n) is 2.13. The lowest BCUT2D eigenvalue weighted by Crippen LogP contribution is -2.25. The van der Waals surface area contributed by atoms with Gasteiger partial charge in [-0.1, -0.05) is 24.3 Å². The summed E-state index contributed by atoms with van der Waals surface area (Å²) < 4.78 is 1.56. The fourth-order valence-corrected chi connectivity index (χ4v) is 1.41. The molecule has 14 heavy (non-hydrogen) atoms. The molecule has 2 N–H and O–H groups in total. The SMILES string of the molecule is Nc1ccn(CC2C=CC=C2)c(=O)n1. The average Bonchev–Trinajstić information content (AvgIpc) is 2.62. The Labute approximate surface area is 81.4 Å². The van der Waals surface area contributed by atoms with Crippen molar-refractivity contribution in [2.45, 2.75) is 6.54 Å². The molecule has 0 aromatic carbocycles. The van der Waals surface area contributed by atoms with Gasteiger partial charge in [-0.3, -0.25) is 4.57 Å². The molecule has 0 amide bonds. The molecule has 72 valence electrons. The normalized spacial score (nSPS) is 15.1. The van der Waals surface area contributed by atoms with Gasteiger partial charge in [0.1, 0.15) is 5.82 Å². The summed E-state index contributed by atoms with van der Waals surface area (Å²) in [4.78, 5) is 15.0. The van der Waals surface area contributed by atoms with E-state index < -0.39 is 0 Å². The van der Waals surface area contributed by atoms with Crippen LogP contribution in [-0.4, -0.2) is 9.55 Å². The smallest absolute Gasteiger partial charge is 0.349 e. The molecule has 1 aliphatic carbocycles. The van der Waals surface area contributed by atoms with Gasteiger partial charge in [-0.15, -0.1) is 0 Å². The van der Waals surface area contributed by atoms with Gasteiger partial charge in [0.25, 0.3) is 0 Å². The minimum absolute atomic E-state index is 0.267. The van der Waals surface area contributed by atoms with E-state index in [2.05, 4.69) is 4.98 Å². The predicted octanol–water partition coefficient (Wildman–Crippen LogP) is 0.568. The van der Waals surface area contributed by atoms with Crippen molar-refractivity contribution in [3.63, 3.8) is 0 Å². The van der Waals surface area contributed by atoms with Crippen LogP contribution in [-0.2, 0) is 6.54 Å². The Hall–Kier alpha value is -1.84. The molecular formula is C10H11N3O. The number of nitrogens with zero attached hydrogens (tertiary/aromatic N) is 2. The molecule has 0 saturated carbocycles. The van der Waals surface area contributed by atoms with Crippen LogP contribution in [0.5, 0.6) is 0 Å². The topological polar surface area (TPSA) is 60.9 Å². The molecule has 1 heterocycles. The summed E-state index contributed by atoms with van der Waals surface area (Å²) in [5.41, 5.74) is 5.09. The van der Waals surface area contributed by atoms with Crippen molar-refractivity contribution >= 4 is 5.82 Å². The van der Waals surface area contributed by atoms with Crippen molar-refractivity contribution in [3.05, 3.63) is 47.1 Å². The quantitative estimate of drug-likeness (QED) is 0.739. The Morgan fingerprint density at radius 2 is 2.14 bits per heavy atom. The van der Waals surface area contributed by atoms with Gasteiger partial charge in [0.2, 0.25) is 0 Å². The maximum Gasteiger partial charge on any atom is 0.349 e. The van der Waals surface area contributed by atoms with Gasteiger partial charge >= 0.3 is 5.69 Å². The van der Waals surface area contributed by atoms with Crippen LogP contribution < -0.4 is 11.4 Å². The van der Waals surface area contributed by atoms with Gasteiger partial charge in [0.15, 0.2) is 0 Å². The van der Waals surface area contributed by atoms with Gasteiger partial charge in [-0.05, 0) is 6.07 Å². The van der Waals surface area contributed by atoms with Crippen molar-refractivity contribution in [1.82, 2.24) is 9.55 Å². The Kier molecular flexibility index (Phi) is 2.18. The minimum atomic E-state index is -0.293. The molecule has 4 nitrogen and oxygen atoms in total. The van der Waals surface area contributed by atoms with Crippen molar-refractivity contribution < 1.29 is 0 Å². The standard InChI is InChI=1S/C10H11N3O/c11-9-5-6-13(10(14)12-9)7-8-3-1-2-4-8/h1-6,8H,7H2,(H2,11,12,14). The van der Waals surface area contributed by atoms with Crippen LogP contribution in [0.3, 0.4) is 0 Å². The fourth-order valence-electron chi connectivity index (χ4n) is 1.41. The largest absolute Gasteiger partial charge is 0.383 e. The molecule has 0 bridgehead atoms. The Balaban J connectivity index is 2.21. The number of hydrogen-bond donors (Lipinski definition) is 1. The first-order valence-corrected chi connectivity index (χ1v) is 4.43. The van der Waals surface area contributed by atoms with Gasteiger partial charge in [0.05, 0.1) is 0 Å². The first kappa shape index (κ1) is 8.74. The highest BCUT2D eigenvalue weighted by Crippen LogP contribution is 2.10. The molecule has 0 saturated heterocycles. The fraction of sp³-hybridized carbons (Fsp3) is 0.200. The molecule has 1 aliphatic rings. The lowest BCUT2D eigenvalue weighted by atomic mass is 10.2. The second-order valence-corrected chi connectivity index (χ2v) is 3.22. The summed E-state index contributed by atoms with van der Waals surface area (Å²) in [5, 5.41) is 0. The minimum Gasteiger partial charge on any atom is -0.383 e. The second kappa shape index (κ2) is 3.49. The number of hydrogen-bond acceptors (Lipinski definition) is 3. The Morgan fingerprint density at radius 1 is 1.43 bits per heavy atom. The van der Waals surface area contributed by atoms with Crippen LogP contribution in [0.1, 0.15) is 0 Å². The monoisotopic (exact) mass is 189 g/mol. The first-order chi connectivity index (χ1) is 6.75. The molecule has 0 fully saturated rings. The van der Waals surface area contributed by atoms with Crippen LogP contribution >= 0.6 is 0 Å². The van der Waals surface area contributed by atoms with Gasteiger partial charge in [-0.25, -0.2) is 4.79 Å². The maximum absolute atomic E-state index is 11.4. The van der Waals surface area contributed by atoms with E-state index in [1.54, 1.807) is 16.8 Å². The van der Waals surface area contributed by atoms with Gasteiger partial charge in [-0.2, -0.15) is 4.98 Å². The molecule has 0 radical (unpaired) electrons. The molecule has 4 heteroatoms. The highest BCUT2D eigenvalue weighted by atomic mass is 16.1. The highest BCUT2D eigenvalue weighted by Gasteiger charge is 2.06. The molecule has 0 spiro atoms. The van der Waals surface area contributed by atoms with Crippen LogP contribution in [0.4, 0.5) is 5.82 Å². The van der Waals surface area contributed by atoms with E-state index in [0.29, 0.717) is 6.54 Å². The van der Waals surface area contributed by atoms with Crippen molar-refractivity contribution in [3.8, 4) is 0 Å². The van der Waals surface area contributed by atoms with Gasteiger partial charge < -0.3 is 5.73 Å². The summed E-state index contributed by atoms with van der Waals surface area (Å²) >= 11 is 0. The summed E-state index contributed by atoms with van der Waals surface area (Å²) in [6.45, 7) is 0.624. The molecule has 2 rings (SSSR count). The van der Waals surface area contributed by atoms with E-state index in [0.717, 1.165) is 0 Å². The van der Waals surface area contributed by atoms with Crippen LogP contribution in [0.2, 0.25) is 0 Å². The molecule has 0 atom stereocenters. The lowest BCUT2D eigenvalue weighted by Gasteiger charge is -2.07. The zero-order valence-electron chi connectivity index (χ0n) is 7.63. The van der Waals surface area contributed by atoms with E-state index in [1.165, 1.54) is 0 Å². The van der Waals surface area contributed by atoms with E-state index in [-0.39, 0.29) is 17.4 Å². The summed E-state index contributed by atoms with van der Waals surface area (Å²) in [6.07, 6.45) is 9.71. The highest BCUT2D eigenvalue weighted by molar-refractivity contribution is 5.23. The van der Waals surface area contributed by atoms with Gasteiger partial charge in [0, 0.05) is 18.7 Å². The summed E-state index contributed by atoms with van der Waals surface area (Å²) in [5.74, 6) is 0.557. The molecule has 1 aromatic rings. The third kappa shape index (κ3) is 1.74. The number of allylic oxidation sites excluding steroid dienone is 4. The van der Waals surface area contributed by atoms with Crippen molar-refractivity contribution in [1.29, 1.82) is 0 Å². The zero-order chi connectivity index (χ0) is 9.97. The number of rotatable bonds is 2. The van der Waals surface area contributed by atoms with E-state index in [1.807, 2.05) is 24.3 Å². The van der Waals surface area contributed by atoms with Crippen LogP contribution in [0, 0.1) is 5.92 Å². The van der Waals surface area contributed by atoms with E-state index in [9.17, 15) is 4.79 Å². The average molecular weight is 189 g/mol. The second-order valence-electron chi connectivity index (χ2n) is 3.22.